The van der Waals surface area contributed by atoms with E-state index in [1.807, 2.05) is 13.8 Å². The quantitative estimate of drug-likeness (QED) is 0.604. The van der Waals surface area contributed by atoms with Crippen LogP contribution in [0.3, 0.4) is 0 Å². The zero-order chi connectivity index (χ0) is 16.9. The molecule has 1 N–H and O–H groups in total. The predicted octanol–water partition coefficient (Wildman–Crippen LogP) is 5.20. The number of benzene rings is 1. The maximum absolute atomic E-state index is 13.0. The molecule has 0 unspecified atom stereocenters. The van der Waals surface area contributed by atoms with Crippen LogP contribution in [0.15, 0.2) is 24.4 Å². The molecular weight excluding hydrogens is 329 g/mol. The van der Waals surface area contributed by atoms with Gasteiger partial charge in [-0.25, -0.2) is 13.8 Å². The van der Waals surface area contributed by atoms with Crippen LogP contribution in [-0.2, 0) is 6.18 Å². The second-order valence-electron chi connectivity index (χ2n) is 3.65. The van der Waals surface area contributed by atoms with Crippen LogP contribution in [0, 0.1) is 11.6 Å². The van der Waals surface area contributed by atoms with Crippen LogP contribution < -0.4 is 5.32 Å². The molecule has 0 aliphatic rings. The minimum Gasteiger partial charge on any atom is -0.339 e. The molecule has 0 radical (unpaired) electrons. The lowest BCUT2D eigenvalue weighted by Gasteiger charge is -2.13. The van der Waals surface area contributed by atoms with Crippen LogP contribution in [0.25, 0.3) is 0 Å². The lowest BCUT2D eigenvalue weighted by atomic mass is 10.2. The molecule has 0 aliphatic carbocycles. The van der Waals surface area contributed by atoms with Gasteiger partial charge in [-0.05, 0) is 23.7 Å². The first kappa shape index (κ1) is 18.1. The fraction of sp³-hybridized carbons (Fsp3) is 0.231. The molecule has 1 heterocycles. The summed E-state index contributed by atoms with van der Waals surface area (Å²) in [5, 5.41) is 1.81. The summed E-state index contributed by atoms with van der Waals surface area (Å²) in [5.74, 6) is -2.97. The van der Waals surface area contributed by atoms with Crippen molar-refractivity contribution >= 4 is 23.1 Å². The molecule has 0 fully saturated rings. The fourth-order valence-electron chi connectivity index (χ4n) is 1.37. The molecule has 9 heteroatoms. The molecule has 0 spiro atoms. The van der Waals surface area contributed by atoms with Gasteiger partial charge in [-0.1, -0.05) is 13.8 Å². The third-order valence-corrected chi connectivity index (χ3v) is 2.43. The van der Waals surface area contributed by atoms with Gasteiger partial charge < -0.3 is 5.32 Å². The zero-order valence-electron chi connectivity index (χ0n) is 11.5. The van der Waals surface area contributed by atoms with Gasteiger partial charge in [0.15, 0.2) is 11.6 Å². The molecule has 0 saturated carbocycles. The lowest BCUT2D eigenvalue weighted by Crippen LogP contribution is -2.11. The van der Waals surface area contributed by atoms with Crippen molar-refractivity contribution in [3.63, 3.8) is 0 Å². The maximum atomic E-state index is 13.0. The summed E-state index contributed by atoms with van der Waals surface area (Å²) >= 11 is 5.43. The third-order valence-electron chi connectivity index (χ3n) is 2.25. The number of aromatic nitrogens is 2. The first-order valence-electron chi connectivity index (χ1n) is 6.09. The van der Waals surface area contributed by atoms with Gasteiger partial charge >= 0.3 is 6.18 Å². The molecule has 0 amide bonds. The van der Waals surface area contributed by atoms with Crippen LogP contribution in [0.2, 0.25) is 5.28 Å². The van der Waals surface area contributed by atoms with E-state index in [-0.39, 0.29) is 5.69 Å². The van der Waals surface area contributed by atoms with E-state index in [1.165, 1.54) is 0 Å². The number of nitrogens with zero attached hydrogens (tertiary/aromatic N) is 2. The first-order chi connectivity index (χ1) is 10.3. The molecule has 0 bridgehead atoms. The van der Waals surface area contributed by atoms with Crippen molar-refractivity contribution in [2.24, 2.45) is 0 Å². The van der Waals surface area contributed by atoms with Gasteiger partial charge in [0.25, 0.3) is 0 Å². The Bertz CT molecular complexity index is 646. The number of hydrogen-bond donors (Lipinski definition) is 1. The highest BCUT2D eigenvalue weighted by Gasteiger charge is 2.35. The van der Waals surface area contributed by atoms with Crippen molar-refractivity contribution in [3.8, 4) is 0 Å². The molecule has 120 valence electrons. The van der Waals surface area contributed by atoms with Crippen LogP contribution in [0.1, 0.15) is 19.4 Å². The highest BCUT2D eigenvalue weighted by atomic mass is 35.5. The minimum absolute atomic E-state index is 0.107. The van der Waals surface area contributed by atoms with Crippen molar-refractivity contribution in [3.05, 3.63) is 46.9 Å². The molecular formula is C13H11ClF5N3. The second kappa shape index (κ2) is 7.35. The molecule has 1 aromatic heterocycles. The summed E-state index contributed by atoms with van der Waals surface area (Å²) in [7, 11) is 0. The summed E-state index contributed by atoms with van der Waals surface area (Å²) in [4.78, 5) is 6.63. The Kier molecular flexibility index (Phi) is 6.04. The highest BCUT2D eigenvalue weighted by Crippen LogP contribution is 2.35. The average Bonchev–Trinajstić information content (AvgIpc) is 2.44. The number of nitrogens with one attached hydrogen (secondary N) is 1. The molecule has 1 aromatic carbocycles. The van der Waals surface area contributed by atoms with Crippen LogP contribution >= 0.6 is 11.6 Å². The molecule has 0 aliphatic heterocycles. The Balaban J connectivity index is 0.00000116. The Morgan fingerprint density at radius 2 is 1.73 bits per heavy atom. The normalized spacial score (nSPS) is 10.7. The van der Waals surface area contributed by atoms with Gasteiger partial charge in [0.1, 0.15) is 11.4 Å². The first-order valence-corrected chi connectivity index (χ1v) is 6.47. The minimum atomic E-state index is -4.72. The summed E-state index contributed by atoms with van der Waals surface area (Å²) in [6.45, 7) is 4.00. The third kappa shape index (κ3) is 4.52. The summed E-state index contributed by atoms with van der Waals surface area (Å²) < 4.78 is 63.9. The SMILES string of the molecule is CC.Fc1ccc(Nc2nc(Cl)ncc2C(F)(F)F)cc1F. The molecule has 2 rings (SSSR count). The van der Waals surface area contributed by atoms with Crippen molar-refractivity contribution < 1.29 is 22.0 Å². The van der Waals surface area contributed by atoms with Gasteiger partial charge in [-0.2, -0.15) is 18.2 Å². The van der Waals surface area contributed by atoms with E-state index in [2.05, 4.69) is 15.3 Å². The van der Waals surface area contributed by atoms with E-state index in [1.54, 1.807) is 0 Å². The standard InChI is InChI=1S/C11H5ClF5N3.C2H6/c12-10-18-4-6(11(15,16)17)9(20-10)19-5-1-2-7(13)8(14)3-5;1-2/h1-4H,(H,18,19,20);1-2H3. The fourth-order valence-corrected chi connectivity index (χ4v) is 1.51. The van der Waals surface area contributed by atoms with E-state index in [0.717, 1.165) is 12.1 Å². The summed E-state index contributed by atoms with van der Waals surface area (Å²) in [6, 6.07) is 2.54. The summed E-state index contributed by atoms with van der Waals surface area (Å²) in [5.41, 5.74) is -1.28. The van der Waals surface area contributed by atoms with E-state index < -0.39 is 34.5 Å². The number of halogens is 6. The van der Waals surface area contributed by atoms with Crippen molar-refractivity contribution in [2.45, 2.75) is 20.0 Å². The highest BCUT2D eigenvalue weighted by molar-refractivity contribution is 6.28. The van der Waals surface area contributed by atoms with Crippen molar-refractivity contribution in [1.82, 2.24) is 9.97 Å². The molecule has 2 aromatic rings. The van der Waals surface area contributed by atoms with Crippen LogP contribution in [0.5, 0.6) is 0 Å². The van der Waals surface area contributed by atoms with E-state index in [9.17, 15) is 22.0 Å². The van der Waals surface area contributed by atoms with Crippen LogP contribution in [-0.4, -0.2) is 9.97 Å². The summed E-state index contributed by atoms with van der Waals surface area (Å²) in [6.07, 6.45) is -4.22. The Morgan fingerprint density at radius 1 is 1.09 bits per heavy atom. The zero-order valence-corrected chi connectivity index (χ0v) is 12.2. The number of alkyl halides is 3. The van der Waals surface area contributed by atoms with Crippen LogP contribution in [0.4, 0.5) is 33.5 Å². The Hall–Kier alpha value is -1.96. The topological polar surface area (TPSA) is 37.8 Å². The monoisotopic (exact) mass is 339 g/mol. The molecule has 3 nitrogen and oxygen atoms in total. The maximum Gasteiger partial charge on any atom is 0.421 e. The van der Waals surface area contributed by atoms with Gasteiger partial charge in [-0.15, -0.1) is 0 Å². The number of hydrogen-bond acceptors (Lipinski definition) is 3. The van der Waals surface area contributed by atoms with Gasteiger partial charge in [0.05, 0.1) is 0 Å². The van der Waals surface area contributed by atoms with Crippen molar-refractivity contribution in [1.29, 1.82) is 0 Å². The van der Waals surface area contributed by atoms with E-state index >= 15 is 0 Å². The van der Waals surface area contributed by atoms with Gasteiger partial charge in [0.2, 0.25) is 5.28 Å². The van der Waals surface area contributed by atoms with Gasteiger partial charge in [0, 0.05) is 18.0 Å². The average molecular weight is 340 g/mol. The number of anilines is 2. The second-order valence-corrected chi connectivity index (χ2v) is 3.99. The Morgan fingerprint density at radius 3 is 2.27 bits per heavy atom. The molecule has 0 atom stereocenters. The molecule has 0 saturated heterocycles. The van der Waals surface area contributed by atoms with E-state index in [4.69, 9.17) is 11.6 Å². The lowest BCUT2D eigenvalue weighted by molar-refractivity contribution is -0.137. The predicted molar refractivity (Wildman–Crippen MR) is 73.0 cm³/mol. The van der Waals surface area contributed by atoms with E-state index in [0.29, 0.717) is 12.3 Å². The molecule has 22 heavy (non-hydrogen) atoms. The largest absolute Gasteiger partial charge is 0.421 e. The van der Waals surface area contributed by atoms with Crippen molar-refractivity contribution in [2.75, 3.05) is 5.32 Å². The van der Waals surface area contributed by atoms with Gasteiger partial charge in [-0.3, -0.25) is 0 Å². The Labute approximate surface area is 128 Å². The number of rotatable bonds is 2. The smallest absolute Gasteiger partial charge is 0.339 e.